The molecule has 0 nitrogen and oxygen atoms in total. The summed E-state index contributed by atoms with van der Waals surface area (Å²) in [5, 5.41) is 0. The van der Waals surface area contributed by atoms with Crippen molar-refractivity contribution in [1.82, 2.24) is 0 Å². The van der Waals surface area contributed by atoms with Gasteiger partial charge in [-0.2, -0.15) is 0 Å². The highest BCUT2D eigenvalue weighted by Crippen LogP contribution is 2.15. The van der Waals surface area contributed by atoms with Gasteiger partial charge in [-0.25, -0.2) is 39.5 Å². The van der Waals surface area contributed by atoms with Crippen LogP contribution in [-0.2, 0) is 0 Å². The van der Waals surface area contributed by atoms with Crippen molar-refractivity contribution < 1.29 is 39.5 Å². The normalized spacial score (nSPS) is 11.0. The summed E-state index contributed by atoms with van der Waals surface area (Å²) in [5.74, 6) is -16.2. The zero-order valence-corrected chi connectivity index (χ0v) is 13.4. The quantitative estimate of drug-likeness (QED) is 0.357. The first-order chi connectivity index (χ1) is 13.1. The van der Waals surface area contributed by atoms with Crippen LogP contribution in [0.1, 0.15) is 0 Å². The summed E-state index contributed by atoms with van der Waals surface area (Å²) in [7, 11) is 0. The summed E-state index contributed by atoms with van der Waals surface area (Å²) in [6.07, 6.45) is 0. The molecule has 0 aliphatic carbocycles. The lowest BCUT2D eigenvalue weighted by molar-refractivity contribution is 0.497. The first-order valence-electron chi connectivity index (χ1n) is 7.55. The molecule has 3 aromatic carbocycles. The molecule has 0 amide bonds. The topological polar surface area (TPSA) is 0 Å². The zero-order valence-electron chi connectivity index (χ0n) is 13.4. The van der Waals surface area contributed by atoms with E-state index < -0.39 is 75.5 Å². The van der Waals surface area contributed by atoms with Crippen molar-refractivity contribution >= 4 is 23.1 Å². The molecule has 0 spiro atoms. The summed E-state index contributed by atoms with van der Waals surface area (Å²) in [6, 6.07) is 1.98. The fraction of sp³-hybridized carbons (Fsp3) is 0. The third-order valence-corrected chi connectivity index (χ3v) is 4.10. The second kappa shape index (κ2) is 7.25. The Morgan fingerprint density at radius 3 is 0.821 bits per heavy atom. The molecule has 0 radical (unpaired) electrons. The number of hydrogen-bond donors (Lipinski definition) is 0. The Bertz CT molecular complexity index is 945. The Morgan fingerprint density at radius 2 is 0.571 bits per heavy atom. The van der Waals surface area contributed by atoms with E-state index in [9.17, 15) is 39.5 Å². The molecule has 0 atom stereocenters. The monoisotopic (exact) mass is 404 g/mol. The van der Waals surface area contributed by atoms with Crippen LogP contribution in [0.3, 0.4) is 0 Å². The fourth-order valence-electron chi connectivity index (χ4n) is 2.86. The van der Waals surface area contributed by atoms with Crippen LogP contribution in [-0.4, -0.2) is 6.71 Å². The highest BCUT2D eigenvalue weighted by molar-refractivity contribution is 6.95. The molecule has 0 saturated heterocycles. The molecule has 28 heavy (non-hydrogen) atoms. The number of benzene rings is 3. The SMILES string of the molecule is Fc1ccc(F)c(B(c2c(F)ccc(F)c2F)c2c(F)ccc(F)c2F)c1F. The van der Waals surface area contributed by atoms with Crippen LogP contribution in [0.2, 0.25) is 0 Å². The van der Waals surface area contributed by atoms with E-state index in [2.05, 4.69) is 0 Å². The van der Waals surface area contributed by atoms with Crippen LogP contribution in [0.4, 0.5) is 39.5 Å². The van der Waals surface area contributed by atoms with Gasteiger partial charge in [-0.3, -0.25) is 0 Å². The van der Waals surface area contributed by atoms with Gasteiger partial charge in [0.15, 0.2) is 34.9 Å². The maximum absolute atomic E-state index is 14.3. The lowest BCUT2D eigenvalue weighted by atomic mass is 9.36. The molecule has 144 valence electrons. The van der Waals surface area contributed by atoms with E-state index in [1.54, 1.807) is 0 Å². The number of rotatable bonds is 3. The fourth-order valence-corrected chi connectivity index (χ4v) is 2.86. The van der Waals surface area contributed by atoms with Gasteiger partial charge in [0.05, 0.1) is 0 Å². The molecule has 0 aliphatic heterocycles. The first kappa shape index (κ1) is 19.8. The lowest BCUT2D eigenvalue weighted by Gasteiger charge is -2.20. The van der Waals surface area contributed by atoms with Gasteiger partial charge in [-0.05, 0) is 36.4 Å². The molecule has 0 aromatic heterocycles. The average molecular weight is 404 g/mol. The van der Waals surface area contributed by atoms with Crippen LogP contribution in [0.5, 0.6) is 0 Å². The Hall–Kier alpha value is -2.91. The summed E-state index contributed by atoms with van der Waals surface area (Å²) in [4.78, 5) is 0. The van der Waals surface area contributed by atoms with E-state index in [0.717, 1.165) is 0 Å². The first-order valence-corrected chi connectivity index (χ1v) is 7.55. The highest BCUT2D eigenvalue weighted by atomic mass is 19.2. The molecule has 0 aliphatic rings. The van der Waals surface area contributed by atoms with Gasteiger partial charge in [0.2, 0.25) is 0 Å². The molecule has 0 unspecified atom stereocenters. The molecule has 0 fully saturated rings. The summed E-state index contributed by atoms with van der Waals surface area (Å²) >= 11 is 0. The number of hydrogen-bond acceptors (Lipinski definition) is 0. The Kier molecular flexibility index (Phi) is 5.14. The van der Waals surface area contributed by atoms with Crippen molar-refractivity contribution in [3.63, 3.8) is 0 Å². The summed E-state index contributed by atoms with van der Waals surface area (Å²) < 4.78 is 127. The van der Waals surface area contributed by atoms with E-state index in [1.165, 1.54) is 0 Å². The smallest absolute Gasteiger partial charge is 0.207 e. The number of halogens is 9. The largest absolute Gasteiger partial charge is 0.264 e. The van der Waals surface area contributed by atoms with Gasteiger partial charge in [-0.15, -0.1) is 0 Å². The maximum atomic E-state index is 14.3. The Balaban J connectivity index is 2.51. The minimum Gasteiger partial charge on any atom is -0.207 e. The van der Waals surface area contributed by atoms with Gasteiger partial charge in [0.1, 0.15) is 17.5 Å². The molecule has 10 heteroatoms. The highest BCUT2D eigenvalue weighted by Gasteiger charge is 2.39. The van der Waals surface area contributed by atoms with Crippen LogP contribution in [0.15, 0.2) is 36.4 Å². The van der Waals surface area contributed by atoms with E-state index in [-0.39, 0.29) is 0 Å². The van der Waals surface area contributed by atoms with Gasteiger partial charge in [0.25, 0.3) is 6.71 Å². The van der Waals surface area contributed by atoms with E-state index >= 15 is 0 Å². The minimum atomic E-state index is -2.71. The Morgan fingerprint density at radius 1 is 0.357 bits per heavy atom. The van der Waals surface area contributed by atoms with Crippen molar-refractivity contribution in [2.75, 3.05) is 0 Å². The molecule has 0 heterocycles. The van der Waals surface area contributed by atoms with E-state index in [4.69, 9.17) is 0 Å². The standard InChI is InChI=1S/C18H6BF9/c20-7-1-4-10(23)16(26)13(7)19(14-8(21)2-5-11(24)17(14)27)15-9(22)3-6-12(25)18(15)28/h1-6H. The van der Waals surface area contributed by atoms with Crippen molar-refractivity contribution in [1.29, 1.82) is 0 Å². The van der Waals surface area contributed by atoms with Gasteiger partial charge in [-0.1, -0.05) is 0 Å². The van der Waals surface area contributed by atoms with Crippen molar-refractivity contribution in [3.05, 3.63) is 88.8 Å². The maximum Gasteiger partial charge on any atom is 0.264 e. The van der Waals surface area contributed by atoms with Crippen LogP contribution >= 0.6 is 0 Å². The van der Waals surface area contributed by atoms with Crippen LogP contribution in [0.25, 0.3) is 0 Å². The predicted molar refractivity (Wildman–Crippen MR) is 83.6 cm³/mol. The predicted octanol–water partition coefficient (Wildman–Crippen LogP) is 3.45. The van der Waals surface area contributed by atoms with Gasteiger partial charge < -0.3 is 0 Å². The van der Waals surface area contributed by atoms with E-state index in [1.807, 2.05) is 0 Å². The molecule has 0 saturated carbocycles. The second-order valence-electron chi connectivity index (χ2n) is 5.70. The van der Waals surface area contributed by atoms with Crippen molar-refractivity contribution in [2.45, 2.75) is 0 Å². The molecule has 0 N–H and O–H groups in total. The molecular weight excluding hydrogens is 398 g/mol. The second-order valence-corrected chi connectivity index (χ2v) is 5.70. The Labute approximate surface area is 152 Å². The molecule has 3 rings (SSSR count). The third kappa shape index (κ3) is 3.12. The molecular formula is C18H6BF9. The third-order valence-electron chi connectivity index (χ3n) is 4.10. The minimum absolute atomic E-state index is 0.321. The summed E-state index contributed by atoms with van der Waals surface area (Å²) in [5.41, 5.74) is -4.56. The summed E-state index contributed by atoms with van der Waals surface area (Å²) in [6.45, 7) is -2.71. The van der Waals surface area contributed by atoms with E-state index in [0.29, 0.717) is 36.4 Å². The van der Waals surface area contributed by atoms with Crippen molar-refractivity contribution in [3.8, 4) is 0 Å². The van der Waals surface area contributed by atoms with Gasteiger partial charge >= 0.3 is 0 Å². The van der Waals surface area contributed by atoms with Crippen molar-refractivity contribution in [2.24, 2.45) is 0 Å². The zero-order chi connectivity index (χ0) is 20.7. The van der Waals surface area contributed by atoms with Crippen LogP contribution in [0, 0.1) is 52.4 Å². The lowest BCUT2D eigenvalue weighted by Crippen LogP contribution is -2.59. The average Bonchev–Trinajstić information content (AvgIpc) is 2.65. The van der Waals surface area contributed by atoms with Crippen LogP contribution < -0.4 is 16.4 Å². The van der Waals surface area contributed by atoms with Gasteiger partial charge in [0, 0.05) is 16.4 Å². The molecule has 0 bridgehead atoms. The molecule has 3 aromatic rings.